The normalized spacial score (nSPS) is 10.5. The molecule has 0 fully saturated rings. The number of ether oxygens (including phenoxy) is 1. The summed E-state index contributed by atoms with van der Waals surface area (Å²) in [4.78, 5) is 12.2. The molecule has 2 aromatic carbocycles. The van der Waals surface area contributed by atoms with Crippen molar-refractivity contribution >= 4 is 45.5 Å². The van der Waals surface area contributed by atoms with Crippen LogP contribution in [0.4, 0.5) is 16.5 Å². The minimum absolute atomic E-state index is 0.0615. The Morgan fingerprint density at radius 3 is 2.67 bits per heavy atom. The number of carbonyl (C=O) groups excluding carboxylic acids is 1. The molecule has 0 spiro atoms. The van der Waals surface area contributed by atoms with Crippen LogP contribution in [0.15, 0.2) is 46.8 Å². The first kappa shape index (κ1) is 19.2. The van der Waals surface area contributed by atoms with Crippen LogP contribution in [0.5, 0.6) is 5.75 Å². The third kappa shape index (κ3) is 5.21. The van der Waals surface area contributed by atoms with Crippen molar-refractivity contribution in [3.63, 3.8) is 0 Å². The molecule has 0 radical (unpaired) electrons. The fourth-order valence-electron chi connectivity index (χ4n) is 2.32. The van der Waals surface area contributed by atoms with Crippen LogP contribution in [0.3, 0.4) is 0 Å². The summed E-state index contributed by atoms with van der Waals surface area (Å²) in [6, 6.07) is 13.4. The smallest absolute Gasteiger partial charge is 0.234 e. The monoisotopic (exact) mass is 400 g/mol. The summed E-state index contributed by atoms with van der Waals surface area (Å²) in [5, 5.41) is 15.1. The second-order valence-corrected chi connectivity index (χ2v) is 8.01. The van der Waals surface area contributed by atoms with Crippen molar-refractivity contribution in [2.24, 2.45) is 0 Å². The molecule has 0 saturated carbocycles. The summed E-state index contributed by atoms with van der Waals surface area (Å²) in [6.45, 7) is 4.03. The Bertz CT molecular complexity index is 926. The van der Waals surface area contributed by atoms with Crippen LogP contribution >= 0.6 is 23.1 Å². The molecule has 27 heavy (non-hydrogen) atoms. The van der Waals surface area contributed by atoms with Gasteiger partial charge in [0.05, 0.1) is 12.9 Å². The molecule has 2 N–H and O–H groups in total. The van der Waals surface area contributed by atoms with E-state index in [0.29, 0.717) is 5.13 Å². The molecule has 1 amide bonds. The standard InChI is InChI=1S/C19H20N4O2S2/c1-12-5-4-6-16(13(12)2)21-17(24)11-26-19-23-22-18(27-19)20-14-7-9-15(25-3)10-8-14/h4-10H,11H2,1-3H3,(H,20,22)(H,21,24). The van der Waals surface area contributed by atoms with Gasteiger partial charge in [-0.2, -0.15) is 0 Å². The average molecular weight is 401 g/mol. The summed E-state index contributed by atoms with van der Waals surface area (Å²) in [7, 11) is 1.63. The maximum atomic E-state index is 12.2. The summed E-state index contributed by atoms with van der Waals surface area (Å²) in [5.74, 6) is 1.02. The van der Waals surface area contributed by atoms with Crippen LogP contribution in [0, 0.1) is 13.8 Å². The molecule has 0 atom stereocenters. The Kier molecular flexibility index (Phi) is 6.31. The van der Waals surface area contributed by atoms with Crippen LogP contribution in [-0.4, -0.2) is 29.0 Å². The van der Waals surface area contributed by atoms with E-state index in [1.165, 1.54) is 23.1 Å². The predicted molar refractivity (Wildman–Crippen MR) is 111 cm³/mol. The zero-order chi connectivity index (χ0) is 19.2. The Balaban J connectivity index is 1.52. The minimum atomic E-state index is -0.0615. The van der Waals surface area contributed by atoms with E-state index in [9.17, 15) is 4.79 Å². The minimum Gasteiger partial charge on any atom is -0.497 e. The van der Waals surface area contributed by atoms with Crippen molar-refractivity contribution in [1.82, 2.24) is 10.2 Å². The van der Waals surface area contributed by atoms with Crippen molar-refractivity contribution in [2.75, 3.05) is 23.5 Å². The summed E-state index contributed by atoms with van der Waals surface area (Å²) in [6.07, 6.45) is 0. The molecule has 0 aliphatic rings. The molecule has 3 aromatic rings. The largest absolute Gasteiger partial charge is 0.497 e. The van der Waals surface area contributed by atoms with Gasteiger partial charge in [0.1, 0.15) is 5.75 Å². The molecular formula is C19H20N4O2S2. The number of aryl methyl sites for hydroxylation is 1. The number of carbonyl (C=O) groups is 1. The van der Waals surface area contributed by atoms with Crippen molar-refractivity contribution in [3.8, 4) is 5.75 Å². The maximum absolute atomic E-state index is 12.2. The highest BCUT2D eigenvalue weighted by Crippen LogP contribution is 2.28. The summed E-state index contributed by atoms with van der Waals surface area (Å²) < 4.78 is 5.88. The molecule has 3 rings (SSSR count). The van der Waals surface area contributed by atoms with Crippen molar-refractivity contribution in [1.29, 1.82) is 0 Å². The number of hydrogen-bond acceptors (Lipinski definition) is 7. The fraction of sp³-hybridized carbons (Fsp3) is 0.211. The van der Waals surface area contributed by atoms with Gasteiger partial charge in [-0.1, -0.05) is 35.2 Å². The van der Waals surface area contributed by atoms with E-state index >= 15 is 0 Å². The van der Waals surface area contributed by atoms with Gasteiger partial charge in [-0.15, -0.1) is 10.2 Å². The lowest BCUT2D eigenvalue weighted by molar-refractivity contribution is -0.113. The number of benzene rings is 2. The van der Waals surface area contributed by atoms with E-state index in [0.717, 1.165) is 32.6 Å². The molecule has 0 aliphatic carbocycles. The lowest BCUT2D eigenvalue weighted by atomic mass is 10.1. The first-order chi connectivity index (χ1) is 13.0. The van der Waals surface area contributed by atoms with E-state index < -0.39 is 0 Å². The van der Waals surface area contributed by atoms with Crippen molar-refractivity contribution in [3.05, 3.63) is 53.6 Å². The van der Waals surface area contributed by atoms with Gasteiger partial charge in [0.2, 0.25) is 11.0 Å². The van der Waals surface area contributed by atoms with Crippen LogP contribution < -0.4 is 15.4 Å². The predicted octanol–water partition coefficient (Wildman–Crippen LogP) is 4.64. The molecule has 0 saturated heterocycles. The maximum Gasteiger partial charge on any atom is 0.234 e. The number of rotatable bonds is 7. The van der Waals surface area contributed by atoms with Gasteiger partial charge < -0.3 is 15.4 Å². The first-order valence-corrected chi connectivity index (χ1v) is 10.1. The van der Waals surface area contributed by atoms with Gasteiger partial charge in [-0.3, -0.25) is 4.79 Å². The molecule has 140 valence electrons. The average Bonchev–Trinajstić information content (AvgIpc) is 3.12. The number of amides is 1. The first-order valence-electron chi connectivity index (χ1n) is 8.28. The third-order valence-corrected chi connectivity index (χ3v) is 5.93. The number of hydrogen-bond donors (Lipinski definition) is 2. The zero-order valence-electron chi connectivity index (χ0n) is 15.3. The summed E-state index contributed by atoms with van der Waals surface area (Å²) >= 11 is 2.78. The van der Waals surface area contributed by atoms with E-state index in [1.54, 1.807) is 7.11 Å². The van der Waals surface area contributed by atoms with Crippen LogP contribution in [-0.2, 0) is 4.79 Å². The SMILES string of the molecule is COc1ccc(Nc2nnc(SCC(=O)Nc3cccc(C)c3C)s2)cc1. The number of methoxy groups -OCH3 is 1. The lowest BCUT2D eigenvalue weighted by Crippen LogP contribution is -2.15. The molecular weight excluding hydrogens is 380 g/mol. The highest BCUT2D eigenvalue weighted by Gasteiger charge is 2.10. The van der Waals surface area contributed by atoms with E-state index in [2.05, 4.69) is 20.8 Å². The summed E-state index contributed by atoms with van der Waals surface area (Å²) in [5.41, 5.74) is 3.98. The fourth-order valence-corrected chi connectivity index (χ4v) is 3.89. The van der Waals surface area contributed by atoms with E-state index in [4.69, 9.17) is 4.74 Å². The Hall–Kier alpha value is -2.58. The number of anilines is 3. The van der Waals surface area contributed by atoms with E-state index in [1.807, 2.05) is 56.3 Å². The highest BCUT2D eigenvalue weighted by atomic mass is 32.2. The third-order valence-electron chi connectivity index (χ3n) is 3.95. The van der Waals surface area contributed by atoms with Crippen LogP contribution in [0.25, 0.3) is 0 Å². The number of thioether (sulfide) groups is 1. The molecule has 0 aliphatic heterocycles. The number of aromatic nitrogens is 2. The molecule has 1 heterocycles. The topological polar surface area (TPSA) is 76.1 Å². The Morgan fingerprint density at radius 2 is 1.93 bits per heavy atom. The van der Waals surface area contributed by atoms with Crippen molar-refractivity contribution < 1.29 is 9.53 Å². The van der Waals surface area contributed by atoms with Crippen molar-refractivity contribution in [2.45, 2.75) is 18.2 Å². The van der Waals surface area contributed by atoms with Crippen LogP contribution in [0.2, 0.25) is 0 Å². The van der Waals surface area contributed by atoms with Gasteiger partial charge in [-0.05, 0) is 55.3 Å². The second-order valence-electron chi connectivity index (χ2n) is 5.81. The molecule has 0 unspecified atom stereocenters. The van der Waals surface area contributed by atoms with Gasteiger partial charge in [0, 0.05) is 11.4 Å². The molecule has 0 bridgehead atoms. The van der Waals surface area contributed by atoms with Gasteiger partial charge in [0.15, 0.2) is 4.34 Å². The molecule has 1 aromatic heterocycles. The number of nitrogens with zero attached hydrogens (tertiary/aromatic N) is 2. The van der Waals surface area contributed by atoms with Gasteiger partial charge in [0.25, 0.3) is 0 Å². The Labute approximate surface area is 166 Å². The molecule has 8 heteroatoms. The second kappa shape index (κ2) is 8.88. The Morgan fingerprint density at radius 1 is 1.15 bits per heavy atom. The van der Waals surface area contributed by atoms with Gasteiger partial charge in [-0.25, -0.2) is 0 Å². The number of nitrogens with one attached hydrogen (secondary N) is 2. The zero-order valence-corrected chi connectivity index (χ0v) is 16.9. The lowest BCUT2D eigenvalue weighted by Gasteiger charge is -2.09. The van der Waals surface area contributed by atoms with Crippen LogP contribution in [0.1, 0.15) is 11.1 Å². The molecule has 6 nitrogen and oxygen atoms in total. The highest BCUT2D eigenvalue weighted by molar-refractivity contribution is 8.01. The van der Waals surface area contributed by atoms with Gasteiger partial charge >= 0.3 is 0 Å². The quantitative estimate of drug-likeness (QED) is 0.563. The van der Waals surface area contributed by atoms with E-state index in [-0.39, 0.29) is 11.7 Å².